The Balaban J connectivity index is 1.41. The van der Waals surface area contributed by atoms with Crippen LogP contribution in [-0.2, 0) is 11.3 Å². The van der Waals surface area contributed by atoms with Crippen molar-refractivity contribution in [2.24, 2.45) is 0 Å². The molecule has 0 amide bonds. The van der Waals surface area contributed by atoms with Gasteiger partial charge in [0.15, 0.2) is 11.5 Å². The number of piperidine rings is 1. The Labute approximate surface area is 155 Å². The maximum atomic E-state index is 11.7. The highest BCUT2D eigenvalue weighted by Crippen LogP contribution is 2.31. The first-order valence-corrected chi connectivity index (χ1v) is 8.95. The van der Waals surface area contributed by atoms with Crippen LogP contribution in [0.4, 0.5) is 0 Å². The fraction of sp³-hybridized carbons (Fsp3) is 0.368. The van der Waals surface area contributed by atoms with Gasteiger partial charge in [0.25, 0.3) is 0 Å². The molecule has 1 saturated heterocycles. The van der Waals surface area contributed by atoms with Crippen molar-refractivity contribution in [1.29, 1.82) is 0 Å². The van der Waals surface area contributed by atoms with Crippen LogP contribution in [-0.4, -0.2) is 36.1 Å². The van der Waals surface area contributed by atoms with Gasteiger partial charge in [-0.15, -0.1) is 0 Å². The number of carbonyl (C=O) groups excluding carboxylic acids is 1. The van der Waals surface area contributed by atoms with E-state index in [9.17, 15) is 4.79 Å². The molecule has 0 saturated carbocycles. The monoisotopic (exact) mass is 374 g/mol. The molecule has 1 aromatic carbocycles. The lowest BCUT2D eigenvalue weighted by Crippen LogP contribution is -2.32. The fourth-order valence-electron chi connectivity index (χ4n) is 3.40. The normalized spacial score (nSPS) is 16.2. The number of fused-ring (bicyclic) bond motifs is 1. The lowest BCUT2D eigenvalue weighted by molar-refractivity contribution is 0.0561. The van der Waals surface area contributed by atoms with Gasteiger partial charge in [0.05, 0.1) is 13.4 Å². The lowest BCUT2D eigenvalue weighted by Gasteiger charge is -2.30. The number of halogens is 1. The number of esters is 1. The number of hydrogen-bond acceptors (Lipinski definition) is 6. The van der Waals surface area contributed by atoms with E-state index in [4.69, 9.17) is 25.2 Å². The highest BCUT2D eigenvalue weighted by atomic mass is 35.5. The van der Waals surface area contributed by atoms with Crippen LogP contribution in [0.3, 0.4) is 0 Å². The summed E-state index contributed by atoms with van der Waals surface area (Å²) in [4.78, 5) is 18.6. The summed E-state index contributed by atoms with van der Waals surface area (Å²) >= 11 is 6.02. The Hall–Kier alpha value is -2.31. The first kappa shape index (κ1) is 17.1. The maximum absolute atomic E-state index is 11.7. The minimum Gasteiger partial charge on any atom is -0.463 e. The van der Waals surface area contributed by atoms with Gasteiger partial charge in [-0.2, -0.15) is 0 Å². The van der Waals surface area contributed by atoms with Crippen molar-refractivity contribution in [3.63, 3.8) is 0 Å². The Kier molecular flexibility index (Phi) is 4.70. The number of methoxy groups -OCH3 is 1. The number of hydrogen-bond donors (Lipinski definition) is 0. The van der Waals surface area contributed by atoms with Crippen molar-refractivity contribution < 1.29 is 18.4 Å². The Morgan fingerprint density at radius 3 is 2.92 bits per heavy atom. The number of oxazole rings is 1. The molecule has 1 aliphatic heterocycles. The molecule has 0 atom stereocenters. The number of nitrogens with zero attached hydrogens (tertiary/aromatic N) is 2. The van der Waals surface area contributed by atoms with Gasteiger partial charge >= 0.3 is 5.97 Å². The van der Waals surface area contributed by atoms with Crippen LogP contribution in [0.2, 0.25) is 5.02 Å². The molecule has 0 N–H and O–H groups in total. The Morgan fingerprint density at radius 2 is 2.15 bits per heavy atom. The zero-order valence-corrected chi connectivity index (χ0v) is 15.2. The number of carbonyl (C=O) groups is 1. The SMILES string of the molecule is COC(=O)c1occc1CN1CCC(c2nc3cc(Cl)ccc3o2)CC1. The van der Waals surface area contributed by atoms with Crippen LogP contribution in [0, 0.1) is 0 Å². The van der Waals surface area contributed by atoms with E-state index in [1.54, 1.807) is 0 Å². The largest absolute Gasteiger partial charge is 0.463 e. The molecule has 3 aromatic rings. The summed E-state index contributed by atoms with van der Waals surface area (Å²) < 4.78 is 15.9. The smallest absolute Gasteiger partial charge is 0.374 e. The van der Waals surface area contributed by atoms with Crippen molar-refractivity contribution in [2.45, 2.75) is 25.3 Å². The van der Waals surface area contributed by atoms with Crippen molar-refractivity contribution in [3.8, 4) is 0 Å². The quantitative estimate of drug-likeness (QED) is 0.636. The van der Waals surface area contributed by atoms with Gasteiger partial charge < -0.3 is 13.6 Å². The third-order valence-corrected chi connectivity index (χ3v) is 5.05. The highest BCUT2D eigenvalue weighted by molar-refractivity contribution is 6.31. The summed E-state index contributed by atoms with van der Waals surface area (Å²) in [7, 11) is 1.35. The third-order valence-electron chi connectivity index (χ3n) is 4.81. The van der Waals surface area contributed by atoms with Crippen LogP contribution < -0.4 is 0 Å². The zero-order chi connectivity index (χ0) is 18.1. The molecule has 0 spiro atoms. The van der Waals surface area contributed by atoms with E-state index in [-0.39, 0.29) is 5.76 Å². The second kappa shape index (κ2) is 7.13. The minimum absolute atomic E-state index is 0.283. The van der Waals surface area contributed by atoms with Crippen LogP contribution in [0.15, 0.2) is 39.4 Å². The second-order valence-electron chi connectivity index (χ2n) is 6.48. The molecule has 3 heterocycles. The molecule has 7 heteroatoms. The fourth-order valence-corrected chi connectivity index (χ4v) is 3.57. The van der Waals surface area contributed by atoms with Crippen molar-refractivity contribution >= 4 is 28.7 Å². The van der Waals surface area contributed by atoms with Gasteiger partial charge in [-0.3, -0.25) is 4.90 Å². The van der Waals surface area contributed by atoms with E-state index in [2.05, 4.69) is 9.88 Å². The average molecular weight is 375 g/mol. The Bertz CT molecular complexity index is 925. The van der Waals surface area contributed by atoms with E-state index in [1.807, 2.05) is 24.3 Å². The lowest BCUT2D eigenvalue weighted by atomic mass is 9.96. The average Bonchev–Trinajstić information content (AvgIpc) is 3.28. The maximum Gasteiger partial charge on any atom is 0.374 e. The molecule has 136 valence electrons. The van der Waals surface area contributed by atoms with Crippen LogP contribution >= 0.6 is 11.6 Å². The van der Waals surface area contributed by atoms with Crippen LogP contribution in [0.5, 0.6) is 0 Å². The number of furan rings is 1. The highest BCUT2D eigenvalue weighted by Gasteiger charge is 2.26. The van der Waals surface area contributed by atoms with Gasteiger partial charge in [-0.1, -0.05) is 11.6 Å². The molecule has 26 heavy (non-hydrogen) atoms. The molecular formula is C19H19ClN2O4. The molecule has 0 bridgehead atoms. The zero-order valence-electron chi connectivity index (χ0n) is 14.4. The number of likely N-dealkylation sites (tertiary alicyclic amines) is 1. The summed E-state index contributed by atoms with van der Waals surface area (Å²) in [5.74, 6) is 0.915. The summed E-state index contributed by atoms with van der Waals surface area (Å²) in [5, 5.41) is 0.661. The molecule has 6 nitrogen and oxygen atoms in total. The predicted molar refractivity (Wildman–Crippen MR) is 96.3 cm³/mol. The Morgan fingerprint density at radius 1 is 1.35 bits per heavy atom. The summed E-state index contributed by atoms with van der Waals surface area (Å²) in [6, 6.07) is 7.32. The number of rotatable bonds is 4. The summed E-state index contributed by atoms with van der Waals surface area (Å²) in [6.07, 6.45) is 3.43. The van der Waals surface area contributed by atoms with E-state index in [0.717, 1.165) is 48.5 Å². The predicted octanol–water partition coefficient (Wildman–Crippen LogP) is 4.24. The first-order valence-electron chi connectivity index (χ1n) is 8.57. The van der Waals surface area contributed by atoms with Crippen LogP contribution in [0.25, 0.3) is 11.1 Å². The molecule has 1 fully saturated rings. The van der Waals surface area contributed by atoms with Gasteiger partial charge in [-0.25, -0.2) is 9.78 Å². The number of aromatic nitrogens is 1. The van der Waals surface area contributed by atoms with Crippen molar-refractivity contribution in [1.82, 2.24) is 9.88 Å². The number of benzene rings is 1. The topological polar surface area (TPSA) is 68.7 Å². The molecular weight excluding hydrogens is 356 g/mol. The van der Waals surface area contributed by atoms with E-state index >= 15 is 0 Å². The van der Waals surface area contributed by atoms with Gasteiger partial charge in [0.2, 0.25) is 5.76 Å². The van der Waals surface area contributed by atoms with E-state index < -0.39 is 5.97 Å². The second-order valence-corrected chi connectivity index (χ2v) is 6.92. The van der Waals surface area contributed by atoms with E-state index in [1.165, 1.54) is 13.4 Å². The molecule has 2 aromatic heterocycles. The summed E-state index contributed by atoms with van der Waals surface area (Å²) in [5.41, 5.74) is 2.43. The molecule has 4 rings (SSSR count). The number of ether oxygens (including phenoxy) is 1. The van der Waals surface area contributed by atoms with E-state index in [0.29, 0.717) is 17.5 Å². The first-order chi connectivity index (χ1) is 12.6. The molecule has 1 aliphatic rings. The standard InChI is InChI=1S/C19H19ClN2O4/c1-24-19(23)17-13(6-9-25-17)11-22-7-4-12(5-8-22)18-21-15-10-14(20)2-3-16(15)26-18/h2-3,6,9-10,12H,4-5,7-8,11H2,1H3. The van der Waals surface area contributed by atoms with Gasteiger partial charge in [0, 0.05) is 23.0 Å². The van der Waals surface area contributed by atoms with Gasteiger partial charge in [-0.05, 0) is 50.2 Å². The van der Waals surface area contributed by atoms with Crippen molar-refractivity contribution in [3.05, 3.63) is 52.8 Å². The molecule has 0 radical (unpaired) electrons. The molecule has 0 unspecified atom stereocenters. The minimum atomic E-state index is -0.440. The van der Waals surface area contributed by atoms with Crippen molar-refractivity contribution in [2.75, 3.05) is 20.2 Å². The molecule has 0 aliphatic carbocycles. The summed E-state index contributed by atoms with van der Waals surface area (Å²) in [6.45, 7) is 2.46. The van der Waals surface area contributed by atoms with Crippen LogP contribution in [0.1, 0.15) is 40.8 Å². The van der Waals surface area contributed by atoms with Gasteiger partial charge in [0.1, 0.15) is 5.52 Å². The third kappa shape index (κ3) is 3.34.